The molecule has 1 aliphatic rings. The van der Waals surface area contributed by atoms with Gasteiger partial charge in [0.2, 0.25) is 5.91 Å². The Kier molecular flexibility index (Phi) is 6.69. The van der Waals surface area contributed by atoms with Crippen molar-refractivity contribution in [2.45, 2.75) is 52.6 Å². The largest absolute Gasteiger partial charge is 0.353 e. The van der Waals surface area contributed by atoms with Crippen molar-refractivity contribution in [1.82, 2.24) is 19.6 Å². The summed E-state index contributed by atoms with van der Waals surface area (Å²) in [6.45, 7) is 9.29. The number of amides is 1. The summed E-state index contributed by atoms with van der Waals surface area (Å²) in [5, 5.41) is 3.31. The molecule has 0 atom stereocenters. The number of hydrogen-bond donors (Lipinski definition) is 1. The molecule has 3 heterocycles. The first-order chi connectivity index (χ1) is 17.0. The first-order valence-electron chi connectivity index (χ1n) is 12.6. The Labute approximate surface area is 207 Å². The van der Waals surface area contributed by atoms with Crippen LogP contribution in [0.25, 0.3) is 16.9 Å². The molecule has 2 aromatic heterocycles. The van der Waals surface area contributed by atoms with Crippen LogP contribution >= 0.6 is 0 Å². The number of likely N-dealkylation sites (tertiary alicyclic amines) is 1. The second kappa shape index (κ2) is 10.0. The van der Waals surface area contributed by atoms with Crippen molar-refractivity contribution in [1.29, 1.82) is 0 Å². The Hall–Kier alpha value is -3.44. The van der Waals surface area contributed by atoms with E-state index in [0.717, 1.165) is 60.6 Å². The van der Waals surface area contributed by atoms with Crippen molar-refractivity contribution in [2.24, 2.45) is 0 Å². The van der Waals surface area contributed by atoms with Gasteiger partial charge in [0.1, 0.15) is 5.65 Å². The molecule has 1 amide bonds. The van der Waals surface area contributed by atoms with Gasteiger partial charge >= 0.3 is 0 Å². The van der Waals surface area contributed by atoms with Crippen LogP contribution in [0.2, 0.25) is 0 Å². The molecule has 35 heavy (non-hydrogen) atoms. The molecule has 5 heteroatoms. The zero-order valence-corrected chi connectivity index (χ0v) is 20.9. The van der Waals surface area contributed by atoms with E-state index in [2.05, 4.69) is 90.0 Å². The van der Waals surface area contributed by atoms with E-state index in [1.165, 1.54) is 16.7 Å². The molecule has 1 fully saturated rings. The maximum Gasteiger partial charge on any atom is 0.226 e. The standard InChI is InChI=1S/C30H34N4O/c1-21-11-12-25(18-23(21)3)29-27(34-15-7-8-22(2)30(34)32-29)19-28(35)31-26-13-16-33(17-14-26)20-24-9-5-4-6-10-24/h4-12,15,18,26H,13-14,16-17,19-20H2,1-3H3,(H,31,35). The van der Waals surface area contributed by atoms with Crippen LogP contribution < -0.4 is 5.32 Å². The van der Waals surface area contributed by atoms with E-state index in [1.54, 1.807) is 0 Å². The van der Waals surface area contributed by atoms with Gasteiger partial charge in [-0.15, -0.1) is 0 Å². The summed E-state index contributed by atoms with van der Waals surface area (Å²) >= 11 is 0. The molecular formula is C30H34N4O. The van der Waals surface area contributed by atoms with Crippen LogP contribution in [0.3, 0.4) is 0 Å². The van der Waals surface area contributed by atoms with Crippen LogP contribution in [0.15, 0.2) is 66.9 Å². The summed E-state index contributed by atoms with van der Waals surface area (Å²) in [6.07, 6.45) is 4.30. The molecule has 0 saturated carbocycles. The molecular weight excluding hydrogens is 432 g/mol. The second-order valence-electron chi connectivity index (χ2n) is 9.87. The summed E-state index contributed by atoms with van der Waals surface area (Å²) in [7, 11) is 0. The van der Waals surface area contributed by atoms with Gasteiger partial charge in [-0.25, -0.2) is 4.98 Å². The second-order valence-corrected chi connectivity index (χ2v) is 9.87. The van der Waals surface area contributed by atoms with Crippen molar-refractivity contribution >= 4 is 11.6 Å². The highest BCUT2D eigenvalue weighted by atomic mass is 16.1. The van der Waals surface area contributed by atoms with Gasteiger partial charge in [0.25, 0.3) is 0 Å². The van der Waals surface area contributed by atoms with E-state index in [0.29, 0.717) is 6.42 Å². The fourth-order valence-corrected chi connectivity index (χ4v) is 5.05. The molecule has 1 aliphatic heterocycles. The first-order valence-corrected chi connectivity index (χ1v) is 12.6. The van der Waals surface area contributed by atoms with E-state index in [9.17, 15) is 4.79 Å². The lowest BCUT2D eigenvalue weighted by molar-refractivity contribution is -0.121. The Morgan fingerprint density at radius 3 is 2.46 bits per heavy atom. The van der Waals surface area contributed by atoms with Crippen molar-refractivity contribution in [3.05, 3.63) is 94.8 Å². The smallest absolute Gasteiger partial charge is 0.226 e. The lowest BCUT2D eigenvalue weighted by atomic mass is 10.0. The molecule has 4 aromatic rings. The van der Waals surface area contributed by atoms with Gasteiger partial charge in [-0.2, -0.15) is 0 Å². The summed E-state index contributed by atoms with van der Waals surface area (Å²) < 4.78 is 2.09. The quantitative estimate of drug-likeness (QED) is 0.422. The van der Waals surface area contributed by atoms with Gasteiger partial charge in [0.15, 0.2) is 0 Å². The Balaban J connectivity index is 1.30. The third-order valence-electron chi connectivity index (χ3n) is 7.25. The lowest BCUT2D eigenvalue weighted by Crippen LogP contribution is -2.44. The molecule has 2 aromatic carbocycles. The van der Waals surface area contributed by atoms with Gasteiger partial charge in [0, 0.05) is 37.4 Å². The number of hydrogen-bond acceptors (Lipinski definition) is 3. The molecule has 5 nitrogen and oxygen atoms in total. The van der Waals surface area contributed by atoms with E-state index >= 15 is 0 Å². The number of nitrogens with zero attached hydrogens (tertiary/aromatic N) is 3. The third-order valence-corrected chi connectivity index (χ3v) is 7.25. The van der Waals surface area contributed by atoms with Gasteiger partial charge in [0.05, 0.1) is 17.8 Å². The number of aryl methyl sites for hydroxylation is 3. The molecule has 5 rings (SSSR count). The molecule has 1 saturated heterocycles. The molecule has 0 radical (unpaired) electrons. The zero-order chi connectivity index (χ0) is 24.4. The Morgan fingerprint density at radius 1 is 0.943 bits per heavy atom. The summed E-state index contributed by atoms with van der Waals surface area (Å²) in [5.74, 6) is 0.0694. The van der Waals surface area contributed by atoms with Gasteiger partial charge in [-0.1, -0.05) is 48.5 Å². The van der Waals surface area contributed by atoms with Crippen molar-refractivity contribution < 1.29 is 4.79 Å². The SMILES string of the molecule is Cc1ccc(-c2nc3c(C)cccn3c2CC(=O)NC2CCN(Cc3ccccc3)CC2)cc1C. The van der Waals surface area contributed by atoms with Crippen molar-refractivity contribution in [2.75, 3.05) is 13.1 Å². The number of fused-ring (bicyclic) bond motifs is 1. The number of carbonyl (C=O) groups is 1. The first kappa shape index (κ1) is 23.3. The fraction of sp³-hybridized carbons (Fsp3) is 0.333. The van der Waals surface area contributed by atoms with Gasteiger partial charge in [-0.05, 0) is 68.0 Å². The summed E-state index contributed by atoms with van der Waals surface area (Å²) in [4.78, 5) is 20.7. The minimum atomic E-state index is 0.0694. The Morgan fingerprint density at radius 2 is 1.71 bits per heavy atom. The number of aromatic nitrogens is 2. The van der Waals surface area contributed by atoms with Crippen molar-refractivity contribution in [3.63, 3.8) is 0 Å². The zero-order valence-electron chi connectivity index (χ0n) is 20.9. The highest BCUT2D eigenvalue weighted by molar-refractivity contribution is 5.82. The highest BCUT2D eigenvalue weighted by Crippen LogP contribution is 2.28. The normalized spacial score (nSPS) is 14.9. The average molecular weight is 467 g/mol. The van der Waals surface area contributed by atoms with Crippen LogP contribution in [0.4, 0.5) is 0 Å². The number of piperidine rings is 1. The molecule has 0 aliphatic carbocycles. The van der Waals surface area contributed by atoms with Crippen LogP contribution in [0, 0.1) is 20.8 Å². The van der Waals surface area contributed by atoms with Crippen LogP contribution in [-0.2, 0) is 17.8 Å². The van der Waals surface area contributed by atoms with Crippen LogP contribution in [-0.4, -0.2) is 39.3 Å². The molecule has 0 bridgehead atoms. The summed E-state index contributed by atoms with van der Waals surface area (Å²) in [5.41, 5.74) is 8.76. The number of benzene rings is 2. The predicted octanol–water partition coefficient (Wildman–Crippen LogP) is 5.25. The van der Waals surface area contributed by atoms with Crippen LogP contribution in [0.1, 0.15) is 40.8 Å². The monoisotopic (exact) mass is 466 g/mol. The third kappa shape index (κ3) is 5.15. The number of nitrogens with one attached hydrogen (secondary N) is 1. The van der Waals surface area contributed by atoms with E-state index in [1.807, 2.05) is 12.3 Å². The van der Waals surface area contributed by atoms with E-state index in [-0.39, 0.29) is 11.9 Å². The average Bonchev–Trinajstić information content (AvgIpc) is 3.22. The molecule has 0 spiro atoms. The molecule has 180 valence electrons. The molecule has 1 N–H and O–H groups in total. The minimum Gasteiger partial charge on any atom is -0.353 e. The highest BCUT2D eigenvalue weighted by Gasteiger charge is 2.23. The lowest BCUT2D eigenvalue weighted by Gasteiger charge is -2.32. The summed E-state index contributed by atoms with van der Waals surface area (Å²) in [6, 6.07) is 21.3. The maximum atomic E-state index is 13.2. The number of imidazole rings is 1. The van der Waals surface area contributed by atoms with E-state index in [4.69, 9.17) is 4.98 Å². The van der Waals surface area contributed by atoms with E-state index < -0.39 is 0 Å². The number of rotatable bonds is 6. The van der Waals surface area contributed by atoms with Gasteiger partial charge in [-0.3, -0.25) is 9.69 Å². The molecule has 0 unspecified atom stereocenters. The van der Waals surface area contributed by atoms with Crippen molar-refractivity contribution in [3.8, 4) is 11.3 Å². The topological polar surface area (TPSA) is 49.6 Å². The van der Waals surface area contributed by atoms with Crippen LogP contribution in [0.5, 0.6) is 0 Å². The number of pyridine rings is 1. The maximum absolute atomic E-state index is 13.2. The Bertz CT molecular complexity index is 1330. The number of carbonyl (C=O) groups excluding carboxylic acids is 1. The predicted molar refractivity (Wildman–Crippen MR) is 141 cm³/mol. The minimum absolute atomic E-state index is 0.0694. The van der Waals surface area contributed by atoms with Gasteiger partial charge < -0.3 is 9.72 Å². The fourth-order valence-electron chi connectivity index (χ4n) is 5.05.